The fraction of sp³-hybridized carbons (Fsp3) is 0.333. The lowest BCUT2D eigenvalue weighted by molar-refractivity contribution is -0.141. The van der Waals surface area contributed by atoms with E-state index in [0.717, 1.165) is 27.7 Å². The second-order valence-electron chi connectivity index (χ2n) is 8.03. The fourth-order valence-corrected chi connectivity index (χ4v) is 4.84. The van der Waals surface area contributed by atoms with Gasteiger partial charge in [0, 0.05) is 27.7 Å². The summed E-state index contributed by atoms with van der Waals surface area (Å²) in [6.07, 6.45) is 2.53. The van der Waals surface area contributed by atoms with E-state index in [2.05, 4.69) is 5.32 Å². The number of hydrogen-bond acceptors (Lipinski definition) is 2. The Morgan fingerprint density at radius 1 is 1.29 bits per heavy atom. The molecule has 1 amide bonds. The Labute approximate surface area is 184 Å². The number of amides is 1. The van der Waals surface area contributed by atoms with Crippen LogP contribution in [0.2, 0.25) is 5.02 Å². The molecule has 1 aliphatic rings. The lowest BCUT2D eigenvalue weighted by Gasteiger charge is -2.26. The van der Waals surface area contributed by atoms with Crippen molar-refractivity contribution < 1.29 is 19.1 Å². The average molecular weight is 443 g/mol. The SMILES string of the molecule is CCC(C(=O)O)n1c2c(c3cc(F)ccc31)CC(NC(=O)Cc1cccc(Cl)c1)CC2. The highest BCUT2D eigenvalue weighted by Crippen LogP contribution is 2.36. The van der Waals surface area contributed by atoms with Crippen LogP contribution in [0.4, 0.5) is 4.39 Å². The van der Waals surface area contributed by atoms with Crippen molar-refractivity contribution in [2.75, 3.05) is 0 Å². The van der Waals surface area contributed by atoms with Crippen molar-refractivity contribution in [3.63, 3.8) is 0 Å². The van der Waals surface area contributed by atoms with Gasteiger partial charge in [-0.15, -0.1) is 0 Å². The molecular formula is C24H24ClFN2O3. The number of carboxylic acids is 1. The Hall–Kier alpha value is -2.86. The minimum absolute atomic E-state index is 0.0913. The molecule has 2 aromatic carbocycles. The molecule has 2 N–H and O–H groups in total. The van der Waals surface area contributed by atoms with Crippen LogP contribution in [-0.2, 0) is 28.9 Å². The molecule has 3 aromatic rings. The van der Waals surface area contributed by atoms with Gasteiger partial charge in [-0.3, -0.25) is 4.79 Å². The molecule has 7 heteroatoms. The molecule has 0 aliphatic heterocycles. The summed E-state index contributed by atoms with van der Waals surface area (Å²) in [6, 6.07) is 10.9. The summed E-state index contributed by atoms with van der Waals surface area (Å²) in [5, 5.41) is 14.1. The Kier molecular flexibility index (Phi) is 6.01. The summed E-state index contributed by atoms with van der Waals surface area (Å²) < 4.78 is 15.9. The van der Waals surface area contributed by atoms with Crippen molar-refractivity contribution in [1.29, 1.82) is 0 Å². The van der Waals surface area contributed by atoms with E-state index in [0.29, 0.717) is 30.7 Å². The van der Waals surface area contributed by atoms with Gasteiger partial charge in [0.25, 0.3) is 0 Å². The molecule has 0 saturated carbocycles. The first-order valence-electron chi connectivity index (χ1n) is 10.4. The average Bonchev–Trinajstić information content (AvgIpc) is 3.01. The lowest BCUT2D eigenvalue weighted by Crippen LogP contribution is -2.40. The maximum Gasteiger partial charge on any atom is 0.326 e. The molecule has 0 radical (unpaired) electrons. The molecule has 1 aliphatic carbocycles. The highest BCUT2D eigenvalue weighted by atomic mass is 35.5. The lowest BCUT2D eigenvalue weighted by atomic mass is 9.91. The Balaban J connectivity index is 1.61. The van der Waals surface area contributed by atoms with Crippen molar-refractivity contribution in [3.8, 4) is 0 Å². The zero-order valence-corrected chi connectivity index (χ0v) is 18.0. The molecule has 31 heavy (non-hydrogen) atoms. The van der Waals surface area contributed by atoms with Crippen LogP contribution in [0.5, 0.6) is 0 Å². The van der Waals surface area contributed by atoms with Gasteiger partial charge in [-0.25, -0.2) is 9.18 Å². The number of nitrogens with one attached hydrogen (secondary N) is 1. The molecule has 0 bridgehead atoms. The molecule has 0 spiro atoms. The quantitative estimate of drug-likeness (QED) is 0.582. The summed E-state index contributed by atoms with van der Waals surface area (Å²) in [5.74, 6) is -1.35. The van der Waals surface area contributed by atoms with Crippen molar-refractivity contribution in [1.82, 2.24) is 9.88 Å². The van der Waals surface area contributed by atoms with Crippen LogP contribution < -0.4 is 5.32 Å². The number of rotatable bonds is 6. The molecule has 1 aromatic heterocycles. The molecule has 4 rings (SSSR count). The van der Waals surface area contributed by atoms with Crippen LogP contribution in [0, 0.1) is 5.82 Å². The minimum Gasteiger partial charge on any atom is -0.480 e. The second-order valence-corrected chi connectivity index (χ2v) is 8.47. The highest BCUT2D eigenvalue weighted by Gasteiger charge is 2.30. The summed E-state index contributed by atoms with van der Waals surface area (Å²) in [5.41, 5.74) is 3.42. The van der Waals surface area contributed by atoms with Crippen LogP contribution in [-0.4, -0.2) is 27.6 Å². The Bertz CT molecular complexity index is 1160. The predicted octanol–water partition coefficient (Wildman–Crippen LogP) is 4.69. The number of aromatic nitrogens is 1. The molecule has 5 nitrogen and oxygen atoms in total. The summed E-state index contributed by atoms with van der Waals surface area (Å²) in [7, 11) is 0. The number of hydrogen-bond donors (Lipinski definition) is 2. The van der Waals surface area contributed by atoms with E-state index in [1.54, 1.807) is 18.2 Å². The van der Waals surface area contributed by atoms with Gasteiger partial charge in [0.05, 0.1) is 6.42 Å². The standard InChI is InChI=1S/C24H24ClFN2O3/c1-2-20(24(30)31)28-21-8-6-16(26)12-18(21)19-13-17(7-9-22(19)28)27-23(29)11-14-4-3-5-15(25)10-14/h3-6,8,10,12,17,20H,2,7,9,11,13H2,1H3,(H,27,29)(H,30,31). The predicted molar refractivity (Wildman–Crippen MR) is 118 cm³/mol. The zero-order valence-electron chi connectivity index (χ0n) is 17.2. The van der Waals surface area contributed by atoms with E-state index in [1.165, 1.54) is 12.1 Å². The minimum atomic E-state index is -0.900. The first-order valence-corrected chi connectivity index (χ1v) is 10.8. The van der Waals surface area contributed by atoms with E-state index < -0.39 is 12.0 Å². The van der Waals surface area contributed by atoms with E-state index in [9.17, 15) is 19.1 Å². The van der Waals surface area contributed by atoms with Gasteiger partial charge in [0.1, 0.15) is 11.9 Å². The molecule has 162 valence electrons. The van der Waals surface area contributed by atoms with E-state index in [-0.39, 0.29) is 24.2 Å². The number of nitrogens with zero attached hydrogens (tertiary/aromatic N) is 1. The van der Waals surface area contributed by atoms with Gasteiger partial charge in [-0.05, 0) is 67.1 Å². The number of carbonyl (C=O) groups is 2. The van der Waals surface area contributed by atoms with E-state index in [1.807, 2.05) is 23.6 Å². The second kappa shape index (κ2) is 8.71. The Morgan fingerprint density at radius 2 is 2.10 bits per heavy atom. The number of fused-ring (bicyclic) bond motifs is 3. The van der Waals surface area contributed by atoms with Crippen molar-refractivity contribution >= 4 is 34.4 Å². The van der Waals surface area contributed by atoms with Crippen LogP contribution in [0.25, 0.3) is 10.9 Å². The van der Waals surface area contributed by atoms with Gasteiger partial charge in [0.15, 0.2) is 0 Å². The molecule has 2 atom stereocenters. The van der Waals surface area contributed by atoms with Crippen molar-refractivity contribution in [2.45, 2.75) is 51.1 Å². The third-order valence-electron chi connectivity index (χ3n) is 5.96. The van der Waals surface area contributed by atoms with Gasteiger partial charge in [-0.1, -0.05) is 30.7 Å². The fourth-order valence-electron chi connectivity index (χ4n) is 4.62. The molecular weight excluding hydrogens is 419 g/mol. The summed E-state index contributed by atoms with van der Waals surface area (Å²) >= 11 is 6.00. The maximum absolute atomic E-state index is 14.0. The van der Waals surface area contributed by atoms with Crippen LogP contribution in [0.1, 0.15) is 42.6 Å². The van der Waals surface area contributed by atoms with Crippen LogP contribution >= 0.6 is 11.6 Å². The normalized spacial score (nSPS) is 16.7. The Morgan fingerprint density at radius 3 is 2.81 bits per heavy atom. The van der Waals surface area contributed by atoms with Crippen molar-refractivity contribution in [3.05, 3.63) is 70.1 Å². The van der Waals surface area contributed by atoms with E-state index in [4.69, 9.17) is 11.6 Å². The molecule has 0 saturated heterocycles. The smallest absolute Gasteiger partial charge is 0.326 e. The zero-order chi connectivity index (χ0) is 22.1. The van der Waals surface area contributed by atoms with Crippen LogP contribution in [0.3, 0.4) is 0 Å². The van der Waals surface area contributed by atoms with E-state index >= 15 is 0 Å². The van der Waals surface area contributed by atoms with Gasteiger partial charge < -0.3 is 15.0 Å². The molecule has 2 unspecified atom stereocenters. The first-order chi connectivity index (χ1) is 14.9. The third-order valence-corrected chi connectivity index (χ3v) is 6.20. The van der Waals surface area contributed by atoms with Crippen molar-refractivity contribution in [2.24, 2.45) is 0 Å². The van der Waals surface area contributed by atoms with Gasteiger partial charge in [-0.2, -0.15) is 0 Å². The number of benzene rings is 2. The topological polar surface area (TPSA) is 71.3 Å². The largest absolute Gasteiger partial charge is 0.480 e. The monoisotopic (exact) mass is 442 g/mol. The molecule has 1 heterocycles. The first kappa shape index (κ1) is 21.4. The van der Waals surface area contributed by atoms with Crippen LogP contribution in [0.15, 0.2) is 42.5 Å². The number of halogens is 2. The molecule has 0 fully saturated rings. The summed E-state index contributed by atoms with van der Waals surface area (Å²) in [4.78, 5) is 24.4. The number of carboxylic acid groups (broad SMARTS) is 1. The number of carbonyl (C=O) groups excluding carboxylic acids is 1. The highest BCUT2D eigenvalue weighted by molar-refractivity contribution is 6.30. The summed E-state index contributed by atoms with van der Waals surface area (Å²) in [6.45, 7) is 1.84. The number of aliphatic carboxylic acids is 1. The van der Waals surface area contributed by atoms with Gasteiger partial charge >= 0.3 is 5.97 Å². The maximum atomic E-state index is 14.0. The van der Waals surface area contributed by atoms with Gasteiger partial charge in [0.2, 0.25) is 5.91 Å². The third kappa shape index (κ3) is 4.30.